The molecule has 2 atom stereocenters. The van der Waals surface area contributed by atoms with Crippen LogP contribution in [0.2, 0.25) is 0 Å². The first-order chi connectivity index (χ1) is 30.5. The highest BCUT2D eigenvalue weighted by molar-refractivity contribution is 8.06. The molecule has 2 nitrogen and oxygen atoms in total. The Morgan fingerprint density at radius 2 is 0.909 bits per heavy atom. The highest BCUT2D eigenvalue weighted by Crippen LogP contribution is 2.66. The molecule has 11 rings (SSSR count). The van der Waals surface area contributed by atoms with Crippen LogP contribution in [0.5, 0.6) is 0 Å². The van der Waals surface area contributed by atoms with Crippen molar-refractivity contribution in [3.05, 3.63) is 110 Å². The first-order valence-corrected chi connectivity index (χ1v) is 27.0. The van der Waals surface area contributed by atoms with Crippen molar-refractivity contribution in [1.82, 2.24) is 0 Å². The topological polar surface area (TPSA) is 6.48 Å². The molecule has 1 saturated carbocycles. The number of rotatable bonds is 2. The normalized spacial score (nSPS) is 26.9. The van der Waals surface area contributed by atoms with Crippen LogP contribution < -0.4 is 20.7 Å². The number of benzene rings is 4. The van der Waals surface area contributed by atoms with Crippen LogP contribution >= 0.6 is 11.8 Å². The molecule has 0 amide bonds. The highest BCUT2D eigenvalue weighted by atomic mass is 32.2. The van der Waals surface area contributed by atoms with Gasteiger partial charge in [-0.05, 0) is 205 Å². The lowest BCUT2D eigenvalue weighted by molar-refractivity contribution is 0.0881. The first kappa shape index (κ1) is 45.1. The lowest BCUT2D eigenvalue weighted by Gasteiger charge is -2.52. The summed E-state index contributed by atoms with van der Waals surface area (Å²) in [5.74, 6) is 0.432. The number of aryl methyl sites for hydroxylation is 2. The zero-order chi connectivity index (χ0) is 47.4. The molecule has 0 saturated heterocycles. The Morgan fingerprint density at radius 1 is 0.455 bits per heavy atom. The summed E-state index contributed by atoms with van der Waals surface area (Å²) in [4.78, 5) is 7.30. The molecule has 0 aromatic heterocycles. The molecule has 0 N–H and O–H groups in total. The van der Waals surface area contributed by atoms with Gasteiger partial charge in [-0.3, -0.25) is 0 Å². The van der Waals surface area contributed by atoms with E-state index in [2.05, 4.69) is 201 Å². The maximum absolute atomic E-state index is 2.87. The quantitative estimate of drug-likeness (QED) is 0.185. The third-order valence-corrected chi connectivity index (χ3v) is 21.6. The number of allylic oxidation sites excluding steroid dienone is 1. The first-order valence-electron chi connectivity index (χ1n) is 26.1. The van der Waals surface area contributed by atoms with Crippen molar-refractivity contribution in [2.45, 2.75) is 214 Å². The Balaban J connectivity index is 1.27. The molecule has 4 aromatic carbocycles. The molecule has 2 unspecified atom stereocenters. The van der Waals surface area contributed by atoms with Crippen LogP contribution in [0.3, 0.4) is 0 Å². The maximum atomic E-state index is 2.87. The Kier molecular flexibility index (Phi) is 9.36. The van der Waals surface area contributed by atoms with Crippen molar-refractivity contribution < 1.29 is 0 Å². The van der Waals surface area contributed by atoms with E-state index in [4.69, 9.17) is 0 Å². The van der Waals surface area contributed by atoms with Gasteiger partial charge in [0.15, 0.2) is 0 Å². The molecule has 66 heavy (non-hydrogen) atoms. The number of thioether (sulfide) groups is 1. The van der Waals surface area contributed by atoms with Gasteiger partial charge in [0, 0.05) is 45.3 Å². The second-order valence-electron chi connectivity index (χ2n) is 28.2. The zero-order valence-electron chi connectivity index (χ0n) is 44.4. The van der Waals surface area contributed by atoms with E-state index >= 15 is 0 Å². The average molecular weight is 897 g/mol. The molecule has 0 spiro atoms. The Bertz CT molecular complexity index is 2810. The Morgan fingerprint density at radius 3 is 1.47 bits per heavy atom. The number of anilines is 5. The maximum Gasteiger partial charge on any atom is 0.259 e. The minimum atomic E-state index is 0.0915. The third kappa shape index (κ3) is 6.26. The molecular weight excluding hydrogens is 816 g/mol. The van der Waals surface area contributed by atoms with Gasteiger partial charge in [-0.1, -0.05) is 129 Å². The SMILES string of the molecule is Cc1cc2c3c(c1)N(c1cc4c(cc1C)C(C)(C)CCC4(C)C)c1cc4c(cc1B3C1=C(C3C(S1)C(C)(C)CCC3(C)C)N2c1ccc2c(c1)C(C)(C)CCC2(C)C)C(C)(C)CCC4(C)C. The van der Waals surface area contributed by atoms with E-state index in [1.165, 1.54) is 107 Å². The van der Waals surface area contributed by atoms with Gasteiger partial charge in [-0.25, -0.2) is 0 Å². The van der Waals surface area contributed by atoms with Gasteiger partial charge in [0.2, 0.25) is 0 Å². The summed E-state index contributed by atoms with van der Waals surface area (Å²) in [7, 11) is 0. The molecule has 0 radical (unpaired) electrons. The van der Waals surface area contributed by atoms with E-state index in [-0.39, 0.29) is 50.0 Å². The second kappa shape index (κ2) is 13.7. The van der Waals surface area contributed by atoms with E-state index in [1.807, 2.05) is 0 Å². The van der Waals surface area contributed by atoms with Crippen LogP contribution in [0.15, 0.2) is 65.1 Å². The average Bonchev–Trinajstić information content (AvgIpc) is 3.64. The van der Waals surface area contributed by atoms with E-state index < -0.39 is 0 Å². The fourth-order valence-corrected chi connectivity index (χ4v) is 16.8. The van der Waals surface area contributed by atoms with Gasteiger partial charge in [-0.15, -0.1) is 11.8 Å². The largest absolute Gasteiger partial charge is 0.314 e. The van der Waals surface area contributed by atoms with Gasteiger partial charge >= 0.3 is 0 Å². The summed E-state index contributed by atoms with van der Waals surface area (Å²) >= 11 is 2.30. The fourth-order valence-electron chi connectivity index (χ4n) is 14.7. The molecule has 4 aliphatic carbocycles. The Labute approximate surface area is 405 Å². The molecule has 4 aromatic rings. The number of fused-ring (bicyclic) bond motifs is 8. The molecule has 0 bridgehead atoms. The van der Waals surface area contributed by atoms with Crippen molar-refractivity contribution in [2.75, 3.05) is 9.80 Å². The predicted molar refractivity (Wildman–Crippen MR) is 289 cm³/mol. The molecule has 348 valence electrons. The predicted octanol–water partition coefficient (Wildman–Crippen LogP) is 16.2. The fraction of sp³-hybridized carbons (Fsp3) is 0.581. The zero-order valence-corrected chi connectivity index (χ0v) is 45.2. The van der Waals surface area contributed by atoms with Crippen molar-refractivity contribution in [2.24, 2.45) is 16.7 Å². The number of hydrogen-bond acceptors (Lipinski definition) is 3. The van der Waals surface area contributed by atoms with Gasteiger partial charge in [-0.2, -0.15) is 0 Å². The summed E-state index contributed by atoms with van der Waals surface area (Å²) in [6.45, 7) is 45.4. The lowest BCUT2D eigenvalue weighted by atomic mass is 9.35. The molecule has 3 aliphatic heterocycles. The van der Waals surface area contributed by atoms with E-state index in [9.17, 15) is 0 Å². The van der Waals surface area contributed by atoms with Crippen LogP contribution in [-0.4, -0.2) is 12.0 Å². The molecule has 1 fully saturated rings. The molecular formula is C62H81BN2S. The lowest BCUT2D eigenvalue weighted by Crippen LogP contribution is -2.56. The van der Waals surface area contributed by atoms with E-state index in [0.29, 0.717) is 11.2 Å². The monoisotopic (exact) mass is 897 g/mol. The minimum absolute atomic E-state index is 0.0915. The van der Waals surface area contributed by atoms with Gasteiger partial charge < -0.3 is 9.80 Å². The van der Waals surface area contributed by atoms with E-state index in [0.717, 1.165) is 0 Å². The standard InChI is InChI=1S/C62H81BN2S/c1-36-29-48-51-49(30-36)65(46-34-43-40(31-37(46)2)56(5,6)23-25-59(43,11)12)47-35-44-42(58(9,10)24-26-60(44,13)14)33-45(47)63(51)54-52(50-53(66-54)62(17,18)28-27-61(50,15)16)64(48)38-19-20-39-41(32-38)57(7,8)22-21-55(39,3)4/h19-20,29-35,50,53H,21-28H2,1-18H3. The smallest absolute Gasteiger partial charge is 0.259 e. The van der Waals surface area contributed by atoms with Gasteiger partial charge in [0.25, 0.3) is 6.71 Å². The summed E-state index contributed by atoms with van der Waals surface area (Å²) in [6, 6.07) is 23.7. The molecule has 4 heteroatoms. The minimum Gasteiger partial charge on any atom is -0.314 e. The summed E-state index contributed by atoms with van der Waals surface area (Å²) in [5.41, 5.74) is 24.7. The highest BCUT2D eigenvalue weighted by Gasteiger charge is 2.60. The summed E-state index contributed by atoms with van der Waals surface area (Å²) in [6.07, 6.45) is 9.81. The Hall–Kier alpha value is -3.37. The summed E-state index contributed by atoms with van der Waals surface area (Å²) in [5, 5.41) is 0.503. The van der Waals surface area contributed by atoms with Crippen LogP contribution in [0.1, 0.15) is 207 Å². The van der Waals surface area contributed by atoms with Gasteiger partial charge in [0.05, 0.1) is 0 Å². The van der Waals surface area contributed by atoms with Gasteiger partial charge in [0.1, 0.15) is 0 Å². The summed E-state index contributed by atoms with van der Waals surface area (Å²) < 4.78 is 0. The van der Waals surface area contributed by atoms with E-state index in [1.54, 1.807) is 38.3 Å². The second-order valence-corrected chi connectivity index (χ2v) is 29.4. The molecule has 3 heterocycles. The third-order valence-electron chi connectivity index (χ3n) is 19.7. The van der Waals surface area contributed by atoms with Crippen molar-refractivity contribution >= 4 is 57.8 Å². The van der Waals surface area contributed by atoms with Crippen LogP contribution in [-0.2, 0) is 32.5 Å². The van der Waals surface area contributed by atoms with Crippen LogP contribution in [0, 0.1) is 30.6 Å². The van der Waals surface area contributed by atoms with Crippen molar-refractivity contribution in [3.8, 4) is 0 Å². The number of nitrogens with zero attached hydrogens (tertiary/aromatic N) is 2. The van der Waals surface area contributed by atoms with Crippen molar-refractivity contribution in [1.29, 1.82) is 0 Å². The number of hydrogen-bond donors (Lipinski definition) is 0. The van der Waals surface area contributed by atoms with Crippen molar-refractivity contribution in [3.63, 3.8) is 0 Å². The van der Waals surface area contributed by atoms with Crippen LogP contribution in [0.4, 0.5) is 28.4 Å². The molecule has 7 aliphatic rings. The van der Waals surface area contributed by atoms with Crippen LogP contribution in [0.25, 0.3) is 0 Å².